The topological polar surface area (TPSA) is 89.1 Å². The third-order valence-electron chi connectivity index (χ3n) is 5.91. The highest BCUT2D eigenvalue weighted by molar-refractivity contribution is 5.77. The first-order valence-electron chi connectivity index (χ1n) is 11.1. The largest absolute Gasteiger partial charge is 0.493 e. The summed E-state index contributed by atoms with van der Waals surface area (Å²) < 4.78 is 30.5. The molecule has 0 bridgehead atoms. The monoisotopic (exact) mass is 451 g/mol. The first-order valence-corrected chi connectivity index (χ1v) is 11.1. The van der Waals surface area contributed by atoms with Gasteiger partial charge in [-0.05, 0) is 39.7 Å². The van der Waals surface area contributed by atoms with Crippen molar-refractivity contribution in [2.45, 2.75) is 57.1 Å². The van der Waals surface area contributed by atoms with Gasteiger partial charge in [0.1, 0.15) is 17.2 Å². The summed E-state index contributed by atoms with van der Waals surface area (Å²) in [5.41, 5.74) is -0.299. The molecule has 0 aliphatic carbocycles. The molecule has 8 nitrogen and oxygen atoms in total. The van der Waals surface area contributed by atoms with E-state index in [2.05, 4.69) is 10.6 Å². The van der Waals surface area contributed by atoms with Crippen LogP contribution in [0.5, 0.6) is 5.75 Å². The van der Waals surface area contributed by atoms with Crippen LogP contribution in [0.3, 0.4) is 0 Å². The maximum Gasteiger partial charge on any atom is 0.410 e. The average Bonchev–Trinajstić information content (AvgIpc) is 2.71. The number of methoxy groups -OCH3 is 1. The van der Waals surface area contributed by atoms with Crippen molar-refractivity contribution < 1.29 is 28.2 Å². The lowest BCUT2D eigenvalue weighted by Gasteiger charge is -2.49. The predicted molar refractivity (Wildman–Crippen MR) is 117 cm³/mol. The Hall–Kier alpha value is -2.55. The molecule has 9 heteroatoms. The lowest BCUT2D eigenvalue weighted by Crippen LogP contribution is -2.66. The highest BCUT2D eigenvalue weighted by Crippen LogP contribution is 2.42. The molecule has 1 unspecified atom stereocenters. The zero-order valence-electron chi connectivity index (χ0n) is 19.3. The van der Waals surface area contributed by atoms with E-state index in [9.17, 15) is 14.0 Å². The minimum Gasteiger partial charge on any atom is -0.493 e. The number of rotatable bonds is 6. The highest BCUT2D eigenvalue weighted by Gasteiger charge is 2.48. The molecule has 2 fully saturated rings. The average molecular weight is 452 g/mol. The van der Waals surface area contributed by atoms with Gasteiger partial charge in [0.2, 0.25) is 0 Å². The number of benzene rings is 1. The summed E-state index contributed by atoms with van der Waals surface area (Å²) in [7, 11) is 1.62. The van der Waals surface area contributed by atoms with Crippen LogP contribution in [0.15, 0.2) is 18.2 Å². The SMILES string of the molecule is COCCCOc1cc(F)ccc1C1CNC(=O)NC12CCN(C(=O)OC(C)(C)C)CC2. The summed E-state index contributed by atoms with van der Waals surface area (Å²) >= 11 is 0. The summed E-state index contributed by atoms with van der Waals surface area (Å²) in [5, 5.41) is 5.97. The van der Waals surface area contributed by atoms with Gasteiger partial charge in [-0.3, -0.25) is 0 Å². The fourth-order valence-electron chi connectivity index (χ4n) is 4.35. The standard InChI is InChI=1S/C23H34FN3O5/c1-22(2,3)32-21(29)27-10-8-23(9-11-27)18(15-25-20(28)26-23)17-7-6-16(24)14-19(17)31-13-5-12-30-4/h6-7,14,18H,5,8-13,15H2,1-4H3,(H2,25,26,28). The predicted octanol–water partition coefficient (Wildman–Crippen LogP) is 3.41. The van der Waals surface area contributed by atoms with Crippen LogP contribution < -0.4 is 15.4 Å². The van der Waals surface area contributed by atoms with Crippen molar-refractivity contribution in [3.05, 3.63) is 29.6 Å². The van der Waals surface area contributed by atoms with E-state index in [0.29, 0.717) is 57.9 Å². The first kappa shape index (κ1) is 24.1. The second-order valence-corrected chi connectivity index (χ2v) is 9.39. The third kappa shape index (κ3) is 5.82. The van der Waals surface area contributed by atoms with Crippen LogP contribution in [0, 0.1) is 5.82 Å². The van der Waals surface area contributed by atoms with E-state index in [-0.39, 0.29) is 23.9 Å². The molecule has 2 saturated heterocycles. The number of piperidine rings is 1. The van der Waals surface area contributed by atoms with E-state index < -0.39 is 11.1 Å². The number of likely N-dealkylation sites (tertiary alicyclic amines) is 1. The number of hydrogen-bond donors (Lipinski definition) is 2. The van der Waals surface area contributed by atoms with Crippen molar-refractivity contribution >= 4 is 12.1 Å². The molecule has 1 aromatic carbocycles. The van der Waals surface area contributed by atoms with Gasteiger partial charge in [0, 0.05) is 57.3 Å². The van der Waals surface area contributed by atoms with E-state index in [1.165, 1.54) is 12.1 Å². The Bertz CT molecular complexity index is 818. The van der Waals surface area contributed by atoms with Crippen LogP contribution in [-0.4, -0.2) is 68.1 Å². The molecular formula is C23H34FN3O5. The van der Waals surface area contributed by atoms with Crippen molar-refractivity contribution in [2.75, 3.05) is 40.0 Å². The second-order valence-electron chi connectivity index (χ2n) is 9.39. The molecule has 3 amide bonds. The van der Waals surface area contributed by atoms with E-state index in [1.54, 1.807) is 18.1 Å². The molecule has 1 aromatic rings. The Labute approximate surface area is 188 Å². The molecular weight excluding hydrogens is 417 g/mol. The van der Waals surface area contributed by atoms with Crippen molar-refractivity contribution in [3.63, 3.8) is 0 Å². The van der Waals surface area contributed by atoms with E-state index >= 15 is 0 Å². The van der Waals surface area contributed by atoms with E-state index in [4.69, 9.17) is 14.2 Å². The van der Waals surface area contributed by atoms with Gasteiger partial charge in [-0.25, -0.2) is 14.0 Å². The molecule has 178 valence electrons. The molecule has 2 N–H and O–H groups in total. The van der Waals surface area contributed by atoms with Gasteiger partial charge < -0.3 is 29.7 Å². The third-order valence-corrected chi connectivity index (χ3v) is 5.91. The number of nitrogens with one attached hydrogen (secondary N) is 2. The Morgan fingerprint density at radius 1 is 1.25 bits per heavy atom. The van der Waals surface area contributed by atoms with Crippen LogP contribution in [0.1, 0.15) is 51.5 Å². The number of carbonyl (C=O) groups is 2. The fraction of sp³-hybridized carbons (Fsp3) is 0.652. The van der Waals surface area contributed by atoms with Gasteiger partial charge in [-0.15, -0.1) is 0 Å². The van der Waals surface area contributed by atoms with Crippen LogP contribution in [-0.2, 0) is 9.47 Å². The zero-order valence-corrected chi connectivity index (χ0v) is 19.3. The van der Waals surface area contributed by atoms with E-state index in [0.717, 1.165) is 5.56 Å². The van der Waals surface area contributed by atoms with Gasteiger partial charge >= 0.3 is 12.1 Å². The molecule has 0 saturated carbocycles. The van der Waals surface area contributed by atoms with Gasteiger partial charge in [0.15, 0.2) is 0 Å². The summed E-state index contributed by atoms with van der Waals surface area (Å²) in [6.45, 7) is 7.77. The second kappa shape index (κ2) is 9.94. The molecule has 32 heavy (non-hydrogen) atoms. The smallest absolute Gasteiger partial charge is 0.410 e. The van der Waals surface area contributed by atoms with Crippen molar-refractivity contribution in [2.24, 2.45) is 0 Å². The number of carbonyl (C=O) groups excluding carboxylic acids is 2. The van der Waals surface area contributed by atoms with Crippen LogP contribution >= 0.6 is 0 Å². The number of urea groups is 1. The van der Waals surface area contributed by atoms with Crippen LogP contribution in [0.25, 0.3) is 0 Å². The highest BCUT2D eigenvalue weighted by atomic mass is 19.1. The molecule has 2 heterocycles. The van der Waals surface area contributed by atoms with Crippen molar-refractivity contribution in [1.29, 1.82) is 0 Å². The van der Waals surface area contributed by atoms with Gasteiger partial charge in [0.05, 0.1) is 12.1 Å². The fourth-order valence-corrected chi connectivity index (χ4v) is 4.35. The summed E-state index contributed by atoms with van der Waals surface area (Å²) in [6.07, 6.45) is 1.45. The van der Waals surface area contributed by atoms with Crippen molar-refractivity contribution in [3.8, 4) is 5.75 Å². The summed E-state index contributed by atoms with van der Waals surface area (Å²) in [6, 6.07) is 4.29. The minimum absolute atomic E-state index is 0.140. The summed E-state index contributed by atoms with van der Waals surface area (Å²) in [5.74, 6) is -0.0471. The number of nitrogens with zero attached hydrogens (tertiary/aromatic N) is 1. The lowest BCUT2D eigenvalue weighted by atomic mass is 9.71. The molecule has 1 spiro atoms. The number of halogens is 1. The summed E-state index contributed by atoms with van der Waals surface area (Å²) in [4.78, 5) is 26.4. The van der Waals surface area contributed by atoms with Crippen LogP contribution in [0.4, 0.5) is 14.0 Å². The Balaban J connectivity index is 1.79. The Morgan fingerprint density at radius 3 is 2.62 bits per heavy atom. The quantitative estimate of drug-likeness (QED) is 0.647. The molecule has 2 aliphatic rings. The van der Waals surface area contributed by atoms with Gasteiger partial charge in [0.25, 0.3) is 0 Å². The molecule has 0 aromatic heterocycles. The molecule has 2 aliphatic heterocycles. The molecule has 0 radical (unpaired) electrons. The maximum atomic E-state index is 14.0. The molecule has 3 rings (SSSR count). The van der Waals surface area contributed by atoms with Crippen LogP contribution in [0.2, 0.25) is 0 Å². The van der Waals surface area contributed by atoms with Gasteiger partial charge in [-0.2, -0.15) is 0 Å². The molecule has 1 atom stereocenters. The van der Waals surface area contributed by atoms with Crippen molar-refractivity contribution in [1.82, 2.24) is 15.5 Å². The number of hydrogen-bond acceptors (Lipinski definition) is 5. The first-order chi connectivity index (χ1) is 15.1. The normalized spacial score (nSPS) is 20.5. The van der Waals surface area contributed by atoms with E-state index in [1.807, 2.05) is 20.8 Å². The zero-order chi connectivity index (χ0) is 23.4. The minimum atomic E-state index is -0.569. The van der Waals surface area contributed by atoms with Gasteiger partial charge in [-0.1, -0.05) is 6.07 Å². The Morgan fingerprint density at radius 2 is 1.97 bits per heavy atom. The number of amides is 3. The lowest BCUT2D eigenvalue weighted by molar-refractivity contribution is 0.0126. The number of ether oxygens (including phenoxy) is 3. The maximum absolute atomic E-state index is 14.0. The Kier molecular flexibility index (Phi) is 7.48.